The molecule has 3 heteroatoms. The standard InChI is InChI=1S/C11H18N2O/c14-11(10-7-4-8-12-10)13-9-5-2-1-3-6-9/h4,7-9,11-14H,1-3,5-6H2. The van der Waals surface area contributed by atoms with Gasteiger partial charge in [-0.15, -0.1) is 0 Å². The van der Waals surface area contributed by atoms with Gasteiger partial charge in [-0.3, -0.25) is 5.32 Å². The lowest BCUT2D eigenvalue weighted by molar-refractivity contribution is 0.110. The number of aliphatic hydroxyl groups excluding tert-OH is 1. The molecule has 1 unspecified atom stereocenters. The van der Waals surface area contributed by atoms with Gasteiger partial charge in [-0.2, -0.15) is 0 Å². The first kappa shape index (κ1) is 9.74. The van der Waals surface area contributed by atoms with E-state index >= 15 is 0 Å². The SMILES string of the molecule is OC(NC1CCCCC1)c1ccc[nH]1. The molecule has 3 N–H and O–H groups in total. The van der Waals surface area contributed by atoms with Crippen molar-refractivity contribution in [3.8, 4) is 0 Å². The van der Waals surface area contributed by atoms with Gasteiger partial charge in [0.1, 0.15) is 6.23 Å². The van der Waals surface area contributed by atoms with E-state index in [4.69, 9.17) is 0 Å². The number of rotatable bonds is 3. The molecule has 3 nitrogen and oxygen atoms in total. The van der Waals surface area contributed by atoms with Crippen molar-refractivity contribution < 1.29 is 5.11 Å². The molecule has 0 spiro atoms. The summed E-state index contributed by atoms with van der Waals surface area (Å²) in [6, 6.07) is 4.30. The Morgan fingerprint density at radius 3 is 2.79 bits per heavy atom. The molecule has 1 heterocycles. The van der Waals surface area contributed by atoms with Crippen LogP contribution in [-0.2, 0) is 0 Å². The molecule has 0 radical (unpaired) electrons. The van der Waals surface area contributed by atoms with Gasteiger partial charge in [0.25, 0.3) is 0 Å². The van der Waals surface area contributed by atoms with Gasteiger partial charge < -0.3 is 10.1 Å². The molecular weight excluding hydrogens is 176 g/mol. The molecule has 2 rings (SSSR count). The first-order valence-corrected chi connectivity index (χ1v) is 5.43. The van der Waals surface area contributed by atoms with Crippen LogP contribution in [0, 0.1) is 0 Å². The normalized spacial score (nSPS) is 20.9. The summed E-state index contributed by atoms with van der Waals surface area (Å²) in [4.78, 5) is 3.01. The van der Waals surface area contributed by atoms with Crippen LogP contribution in [0.4, 0.5) is 0 Å². The van der Waals surface area contributed by atoms with Gasteiger partial charge in [0.15, 0.2) is 0 Å². The average molecular weight is 194 g/mol. The van der Waals surface area contributed by atoms with E-state index in [0.717, 1.165) is 5.69 Å². The predicted octanol–water partition coefficient (Wildman–Crippen LogP) is 1.93. The van der Waals surface area contributed by atoms with Crippen LogP contribution in [0.15, 0.2) is 18.3 Å². The Balaban J connectivity index is 1.84. The van der Waals surface area contributed by atoms with E-state index < -0.39 is 6.23 Å². The zero-order valence-corrected chi connectivity index (χ0v) is 8.37. The Hall–Kier alpha value is -0.800. The zero-order valence-electron chi connectivity index (χ0n) is 8.37. The Bertz CT molecular complexity index is 252. The lowest BCUT2D eigenvalue weighted by Crippen LogP contribution is -2.34. The molecule has 1 aromatic rings. The van der Waals surface area contributed by atoms with Crippen LogP contribution < -0.4 is 5.32 Å². The molecule has 0 aliphatic heterocycles. The molecule has 1 fully saturated rings. The maximum Gasteiger partial charge on any atom is 0.146 e. The van der Waals surface area contributed by atoms with E-state index in [1.807, 2.05) is 18.3 Å². The largest absolute Gasteiger partial charge is 0.373 e. The van der Waals surface area contributed by atoms with E-state index in [9.17, 15) is 5.11 Å². The highest BCUT2D eigenvalue weighted by Gasteiger charge is 2.17. The van der Waals surface area contributed by atoms with Crippen LogP contribution in [0.2, 0.25) is 0 Å². The minimum absolute atomic E-state index is 0.488. The molecule has 1 atom stereocenters. The molecule has 78 valence electrons. The Kier molecular flexibility index (Phi) is 3.22. The maximum atomic E-state index is 9.82. The summed E-state index contributed by atoms with van der Waals surface area (Å²) in [6.07, 6.45) is 7.60. The number of nitrogens with one attached hydrogen (secondary N) is 2. The molecule has 0 aromatic carbocycles. The lowest BCUT2D eigenvalue weighted by Gasteiger charge is -2.25. The third-order valence-electron chi connectivity index (χ3n) is 2.92. The molecule has 0 amide bonds. The van der Waals surface area contributed by atoms with Crippen molar-refractivity contribution in [2.24, 2.45) is 0 Å². The number of aromatic amines is 1. The van der Waals surface area contributed by atoms with Gasteiger partial charge in [-0.25, -0.2) is 0 Å². The van der Waals surface area contributed by atoms with Crippen LogP contribution in [0.3, 0.4) is 0 Å². The van der Waals surface area contributed by atoms with E-state index in [1.54, 1.807) is 0 Å². The van der Waals surface area contributed by atoms with Gasteiger partial charge in [-0.05, 0) is 25.0 Å². The monoisotopic (exact) mass is 194 g/mol. The number of hydrogen-bond acceptors (Lipinski definition) is 2. The Morgan fingerprint density at radius 2 is 2.14 bits per heavy atom. The molecular formula is C11H18N2O. The van der Waals surface area contributed by atoms with Crippen LogP contribution >= 0.6 is 0 Å². The maximum absolute atomic E-state index is 9.82. The van der Waals surface area contributed by atoms with Gasteiger partial charge >= 0.3 is 0 Å². The van der Waals surface area contributed by atoms with Crippen molar-refractivity contribution in [2.45, 2.75) is 44.4 Å². The molecule has 1 saturated carbocycles. The number of H-pyrrole nitrogens is 1. The van der Waals surface area contributed by atoms with Crippen molar-refractivity contribution in [2.75, 3.05) is 0 Å². The van der Waals surface area contributed by atoms with Gasteiger partial charge in [-0.1, -0.05) is 19.3 Å². The third-order valence-corrected chi connectivity index (χ3v) is 2.92. The van der Waals surface area contributed by atoms with Crippen LogP contribution in [0.1, 0.15) is 44.0 Å². The van der Waals surface area contributed by atoms with E-state index in [-0.39, 0.29) is 0 Å². The fraction of sp³-hybridized carbons (Fsp3) is 0.636. The number of aromatic nitrogens is 1. The van der Waals surface area contributed by atoms with Gasteiger partial charge in [0.05, 0.1) is 5.69 Å². The smallest absolute Gasteiger partial charge is 0.146 e. The minimum atomic E-state index is -0.534. The van der Waals surface area contributed by atoms with E-state index in [2.05, 4.69) is 10.3 Å². The van der Waals surface area contributed by atoms with Crippen molar-refractivity contribution in [1.29, 1.82) is 0 Å². The quantitative estimate of drug-likeness (QED) is 0.644. The van der Waals surface area contributed by atoms with Crippen LogP contribution in [0.5, 0.6) is 0 Å². The average Bonchev–Trinajstić information content (AvgIpc) is 2.72. The highest BCUT2D eigenvalue weighted by atomic mass is 16.3. The van der Waals surface area contributed by atoms with Crippen LogP contribution in [0.25, 0.3) is 0 Å². The van der Waals surface area contributed by atoms with Crippen molar-refractivity contribution in [1.82, 2.24) is 10.3 Å². The highest BCUT2D eigenvalue weighted by Crippen LogP contribution is 2.19. The molecule has 1 aromatic heterocycles. The summed E-state index contributed by atoms with van der Waals surface area (Å²) in [6.45, 7) is 0. The summed E-state index contributed by atoms with van der Waals surface area (Å²) in [7, 11) is 0. The predicted molar refractivity (Wildman–Crippen MR) is 55.8 cm³/mol. The van der Waals surface area contributed by atoms with E-state index in [1.165, 1.54) is 32.1 Å². The van der Waals surface area contributed by atoms with Gasteiger partial charge in [0, 0.05) is 12.2 Å². The third kappa shape index (κ3) is 2.36. The first-order valence-electron chi connectivity index (χ1n) is 5.43. The zero-order chi connectivity index (χ0) is 9.80. The molecule has 1 aliphatic carbocycles. The number of hydrogen-bond donors (Lipinski definition) is 3. The van der Waals surface area contributed by atoms with Gasteiger partial charge in [0.2, 0.25) is 0 Å². The summed E-state index contributed by atoms with van der Waals surface area (Å²) < 4.78 is 0. The molecule has 0 saturated heterocycles. The van der Waals surface area contributed by atoms with Crippen LogP contribution in [-0.4, -0.2) is 16.1 Å². The van der Waals surface area contributed by atoms with E-state index in [0.29, 0.717) is 6.04 Å². The Morgan fingerprint density at radius 1 is 1.36 bits per heavy atom. The molecule has 1 aliphatic rings. The fourth-order valence-electron chi connectivity index (χ4n) is 2.10. The van der Waals surface area contributed by atoms with Crippen molar-refractivity contribution in [3.05, 3.63) is 24.0 Å². The summed E-state index contributed by atoms with van der Waals surface area (Å²) in [5.41, 5.74) is 0.857. The second-order valence-corrected chi connectivity index (χ2v) is 4.03. The topological polar surface area (TPSA) is 48.0 Å². The Labute approximate surface area is 84.5 Å². The molecule has 14 heavy (non-hydrogen) atoms. The van der Waals surface area contributed by atoms with Crippen molar-refractivity contribution >= 4 is 0 Å². The highest BCUT2D eigenvalue weighted by molar-refractivity contribution is 5.06. The minimum Gasteiger partial charge on any atom is -0.373 e. The van der Waals surface area contributed by atoms with Crippen molar-refractivity contribution in [3.63, 3.8) is 0 Å². The summed E-state index contributed by atoms with van der Waals surface area (Å²) >= 11 is 0. The summed E-state index contributed by atoms with van der Waals surface area (Å²) in [5, 5.41) is 13.1. The molecule has 0 bridgehead atoms. The fourth-order valence-corrected chi connectivity index (χ4v) is 2.10. The lowest BCUT2D eigenvalue weighted by atomic mass is 9.95. The summed E-state index contributed by atoms with van der Waals surface area (Å²) in [5.74, 6) is 0. The first-order chi connectivity index (χ1) is 6.86. The second kappa shape index (κ2) is 4.62. The second-order valence-electron chi connectivity index (χ2n) is 4.03. The number of aliphatic hydroxyl groups is 1.